The van der Waals surface area contributed by atoms with Gasteiger partial charge >= 0.3 is 6.03 Å². The quantitative estimate of drug-likeness (QED) is 0.629. The molecule has 8 nitrogen and oxygen atoms in total. The average molecular weight is 449 g/mol. The van der Waals surface area contributed by atoms with Gasteiger partial charge in [-0.15, -0.1) is 0 Å². The third-order valence-electron chi connectivity index (χ3n) is 5.49. The van der Waals surface area contributed by atoms with Crippen LogP contribution in [0.25, 0.3) is 5.69 Å². The number of carbonyl (C=O) groups is 2. The standard InChI is InChI=1S/C23H21ClN6O2/c24-17-6-8-18(9-7-17)30-22-19(14-27-30)21-26-12-13-28(21)23(32)29(22)15-20(31)25-11-10-16-4-2-1-3-5-16/h1-9,14H,10-13,15H2,(H,25,31). The van der Waals surface area contributed by atoms with Gasteiger partial charge in [-0.3, -0.25) is 19.6 Å². The fourth-order valence-corrected chi connectivity index (χ4v) is 4.09. The molecule has 2 aliphatic heterocycles. The first-order chi connectivity index (χ1) is 15.6. The van der Waals surface area contributed by atoms with E-state index in [2.05, 4.69) is 15.4 Å². The fraction of sp³-hybridized carbons (Fsp3) is 0.217. The molecule has 0 saturated carbocycles. The second-order valence-corrected chi connectivity index (χ2v) is 8.02. The lowest BCUT2D eigenvalue weighted by Gasteiger charge is -2.33. The van der Waals surface area contributed by atoms with Crippen LogP contribution >= 0.6 is 11.6 Å². The minimum Gasteiger partial charge on any atom is -0.354 e. The molecule has 162 valence electrons. The number of aromatic nitrogens is 2. The topological polar surface area (TPSA) is 82.8 Å². The lowest BCUT2D eigenvalue weighted by molar-refractivity contribution is -0.119. The van der Waals surface area contributed by atoms with Crippen LogP contribution in [0.3, 0.4) is 0 Å². The first-order valence-corrected chi connectivity index (χ1v) is 10.8. The van der Waals surface area contributed by atoms with Crippen molar-refractivity contribution < 1.29 is 9.59 Å². The molecule has 0 radical (unpaired) electrons. The summed E-state index contributed by atoms with van der Waals surface area (Å²) in [4.78, 5) is 33.6. The van der Waals surface area contributed by atoms with E-state index in [1.54, 1.807) is 27.9 Å². The van der Waals surface area contributed by atoms with E-state index in [0.29, 0.717) is 36.3 Å². The van der Waals surface area contributed by atoms with Crippen LogP contribution in [0, 0.1) is 0 Å². The highest BCUT2D eigenvalue weighted by atomic mass is 35.5. The highest BCUT2D eigenvalue weighted by molar-refractivity contribution is 6.30. The summed E-state index contributed by atoms with van der Waals surface area (Å²) in [5, 5.41) is 8.02. The van der Waals surface area contributed by atoms with Gasteiger partial charge < -0.3 is 5.32 Å². The zero-order valence-electron chi connectivity index (χ0n) is 17.2. The number of rotatable bonds is 6. The summed E-state index contributed by atoms with van der Waals surface area (Å²) >= 11 is 6.03. The molecule has 3 aromatic rings. The molecule has 5 rings (SSSR count). The first kappa shape index (κ1) is 20.3. The molecule has 2 aliphatic rings. The van der Waals surface area contributed by atoms with Crippen molar-refractivity contribution in [1.82, 2.24) is 20.0 Å². The Labute approximate surface area is 190 Å². The Hall–Kier alpha value is -3.65. The van der Waals surface area contributed by atoms with E-state index in [9.17, 15) is 9.59 Å². The number of nitrogens with zero attached hydrogens (tertiary/aromatic N) is 5. The molecule has 0 bridgehead atoms. The number of amidine groups is 1. The van der Waals surface area contributed by atoms with E-state index >= 15 is 0 Å². The van der Waals surface area contributed by atoms with Crippen molar-refractivity contribution in [1.29, 1.82) is 0 Å². The highest BCUT2D eigenvalue weighted by Crippen LogP contribution is 2.33. The summed E-state index contributed by atoms with van der Waals surface area (Å²) in [6.45, 7) is 1.41. The number of aliphatic imine (C=N–C) groups is 1. The Balaban J connectivity index is 1.40. The van der Waals surface area contributed by atoms with Crippen molar-refractivity contribution in [3.63, 3.8) is 0 Å². The monoisotopic (exact) mass is 448 g/mol. The minimum atomic E-state index is -0.275. The SMILES string of the molecule is O=C(CN1C(=O)N2CCN=C2c2cnn(-c3ccc(Cl)cc3)c21)NCCc1ccccc1. The smallest absolute Gasteiger partial charge is 0.331 e. The van der Waals surface area contributed by atoms with Gasteiger partial charge in [0.2, 0.25) is 5.91 Å². The maximum atomic E-state index is 13.3. The lowest BCUT2D eigenvalue weighted by atomic mass is 10.1. The maximum Gasteiger partial charge on any atom is 0.331 e. The number of hydrogen-bond acceptors (Lipinski definition) is 4. The Kier molecular flexibility index (Phi) is 5.36. The molecule has 2 aromatic carbocycles. The number of fused-ring (bicyclic) bond motifs is 3. The van der Waals surface area contributed by atoms with Crippen LogP contribution in [0.5, 0.6) is 0 Å². The summed E-state index contributed by atoms with van der Waals surface area (Å²) in [5.74, 6) is 0.905. The summed E-state index contributed by atoms with van der Waals surface area (Å²) in [5.41, 5.74) is 2.61. The Morgan fingerprint density at radius 2 is 1.88 bits per heavy atom. The van der Waals surface area contributed by atoms with E-state index in [1.165, 1.54) is 4.90 Å². The van der Waals surface area contributed by atoms with Crippen molar-refractivity contribution >= 4 is 35.2 Å². The van der Waals surface area contributed by atoms with Crippen LogP contribution in [-0.4, -0.2) is 58.6 Å². The highest BCUT2D eigenvalue weighted by Gasteiger charge is 2.41. The summed E-state index contributed by atoms with van der Waals surface area (Å²) in [6, 6.07) is 16.8. The Morgan fingerprint density at radius 3 is 2.66 bits per heavy atom. The van der Waals surface area contributed by atoms with E-state index < -0.39 is 0 Å². The van der Waals surface area contributed by atoms with Crippen LogP contribution in [0.2, 0.25) is 5.02 Å². The fourth-order valence-electron chi connectivity index (χ4n) is 3.96. The number of amides is 3. The number of halogens is 1. The molecule has 0 aliphatic carbocycles. The van der Waals surface area contributed by atoms with Gasteiger partial charge in [0.15, 0.2) is 5.82 Å². The molecule has 3 amide bonds. The molecule has 0 atom stereocenters. The number of hydrogen-bond donors (Lipinski definition) is 1. The number of carbonyl (C=O) groups excluding carboxylic acids is 2. The third kappa shape index (κ3) is 3.73. The predicted molar refractivity (Wildman–Crippen MR) is 123 cm³/mol. The first-order valence-electron chi connectivity index (χ1n) is 10.4. The van der Waals surface area contributed by atoms with E-state index in [0.717, 1.165) is 23.2 Å². The molecule has 0 fully saturated rings. The van der Waals surface area contributed by atoms with Gasteiger partial charge in [-0.25, -0.2) is 9.48 Å². The van der Waals surface area contributed by atoms with Gasteiger partial charge in [-0.05, 0) is 36.2 Å². The predicted octanol–water partition coefficient (Wildman–Crippen LogP) is 2.89. The van der Waals surface area contributed by atoms with Crippen LogP contribution in [0.4, 0.5) is 10.6 Å². The lowest BCUT2D eigenvalue weighted by Crippen LogP contribution is -2.53. The minimum absolute atomic E-state index is 0.107. The Morgan fingerprint density at radius 1 is 1.09 bits per heavy atom. The van der Waals surface area contributed by atoms with E-state index in [4.69, 9.17) is 11.6 Å². The second kappa shape index (κ2) is 8.47. The van der Waals surface area contributed by atoms with Crippen molar-refractivity contribution in [3.05, 3.63) is 76.9 Å². The molecule has 3 heterocycles. The van der Waals surface area contributed by atoms with Gasteiger partial charge in [-0.1, -0.05) is 41.9 Å². The number of benzene rings is 2. The molecule has 32 heavy (non-hydrogen) atoms. The van der Waals surface area contributed by atoms with Crippen molar-refractivity contribution in [2.75, 3.05) is 31.1 Å². The molecule has 0 unspecified atom stereocenters. The normalized spacial score (nSPS) is 14.8. The Bertz CT molecular complexity index is 1190. The van der Waals surface area contributed by atoms with Crippen molar-refractivity contribution in [2.45, 2.75) is 6.42 Å². The molecular formula is C23H21ClN6O2. The van der Waals surface area contributed by atoms with Crippen LogP contribution in [-0.2, 0) is 11.2 Å². The van der Waals surface area contributed by atoms with Gasteiger partial charge in [0, 0.05) is 18.1 Å². The van der Waals surface area contributed by atoms with E-state index in [-0.39, 0.29) is 18.5 Å². The zero-order chi connectivity index (χ0) is 22.1. The molecular weight excluding hydrogens is 428 g/mol. The number of anilines is 1. The van der Waals surface area contributed by atoms with Gasteiger partial charge in [0.05, 0.1) is 24.0 Å². The average Bonchev–Trinajstić information content (AvgIpc) is 3.45. The summed E-state index contributed by atoms with van der Waals surface area (Å²) < 4.78 is 1.65. The zero-order valence-corrected chi connectivity index (χ0v) is 18.0. The van der Waals surface area contributed by atoms with Gasteiger partial charge in [0.1, 0.15) is 12.4 Å². The van der Waals surface area contributed by atoms with E-state index in [1.807, 2.05) is 42.5 Å². The van der Waals surface area contributed by atoms with Crippen molar-refractivity contribution in [3.8, 4) is 5.69 Å². The van der Waals surface area contributed by atoms with Gasteiger partial charge in [-0.2, -0.15) is 5.10 Å². The summed E-state index contributed by atoms with van der Waals surface area (Å²) in [7, 11) is 0. The third-order valence-corrected chi connectivity index (χ3v) is 5.75. The van der Waals surface area contributed by atoms with Crippen molar-refractivity contribution in [2.24, 2.45) is 4.99 Å². The largest absolute Gasteiger partial charge is 0.354 e. The number of nitrogens with one attached hydrogen (secondary N) is 1. The molecule has 0 spiro atoms. The molecule has 0 saturated heterocycles. The van der Waals surface area contributed by atoms with Gasteiger partial charge in [0.25, 0.3) is 0 Å². The van der Waals surface area contributed by atoms with Crippen LogP contribution in [0.1, 0.15) is 11.1 Å². The molecule has 9 heteroatoms. The number of urea groups is 1. The molecule has 1 N–H and O–H groups in total. The summed E-state index contributed by atoms with van der Waals surface area (Å²) in [6.07, 6.45) is 2.41. The maximum absolute atomic E-state index is 13.3. The van der Waals surface area contributed by atoms with Crippen LogP contribution < -0.4 is 10.2 Å². The van der Waals surface area contributed by atoms with Crippen LogP contribution in [0.15, 0.2) is 65.8 Å². The molecule has 1 aromatic heterocycles. The second-order valence-electron chi connectivity index (χ2n) is 7.58.